The number of nitrogens with zero attached hydrogens (tertiary/aromatic N) is 2. The van der Waals surface area contributed by atoms with Crippen molar-refractivity contribution in [3.8, 4) is 0 Å². The summed E-state index contributed by atoms with van der Waals surface area (Å²) in [6.45, 7) is 4.44. The molecule has 0 amide bonds. The predicted molar refractivity (Wildman–Crippen MR) is 88.8 cm³/mol. The summed E-state index contributed by atoms with van der Waals surface area (Å²) in [5, 5.41) is 7.60. The van der Waals surface area contributed by atoms with Crippen molar-refractivity contribution in [2.45, 2.75) is 57.2 Å². The van der Waals surface area contributed by atoms with Crippen molar-refractivity contribution in [1.29, 1.82) is 0 Å². The van der Waals surface area contributed by atoms with Gasteiger partial charge in [-0.1, -0.05) is 26.7 Å². The zero-order valence-electron chi connectivity index (χ0n) is 12.8. The summed E-state index contributed by atoms with van der Waals surface area (Å²) in [5.41, 5.74) is 1.23. The zero-order valence-corrected chi connectivity index (χ0v) is 13.6. The fraction of sp³-hybridized carbons (Fsp3) is 0.733. The monoisotopic (exact) mass is 294 g/mol. The Kier molecular flexibility index (Phi) is 5.95. The molecule has 0 aliphatic heterocycles. The third-order valence-electron chi connectivity index (χ3n) is 3.84. The number of hydrogen-bond donors (Lipinski definition) is 2. The molecule has 2 rings (SSSR count). The summed E-state index contributed by atoms with van der Waals surface area (Å²) in [6, 6.07) is 0.551. The minimum absolute atomic E-state index is 0.551. The Morgan fingerprint density at radius 1 is 1.25 bits per heavy atom. The molecule has 0 aromatic carbocycles. The van der Waals surface area contributed by atoms with Crippen LogP contribution in [0.4, 0.5) is 11.6 Å². The summed E-state index contributed by atoms with van der Waals surface area (Å²) < 4.78 is 0. The van der Waals surface area contributed by atoms with E-state index in [1.807, 2.05) is 7.05 Å². The van der Waals surface area contributed by atoms with Crippen LogP contribution >= 0.6 is 11.8 Å². The normalized spacial score (nSPS) is 21.9. The van der Waals surface area contributed by atoms with Crippen LogP contribution in [0.5, 0.6) is 0 Å². The molecule has 1 aliphatic rings. The quantitative estimate of drug-likeness (QED) is 0.805. The third-order valence-corrected chi connectivity index (χ3v) is 5.16. The standard InChI is InChI=1S/C15H26N4S/c1-4-7-11-14(16-3)17-10-18-15(11)19-12-8-6-9-13(12)20-5-2/h10,12-13H,4-9H2,1-3H3,(H2,16,17,18,19). The highest BCUT2D eigenvalue weighted by atomic mass is 32.2. The number of hydrogen-bond acceptors (Lipinski definition) is 5. The van der Waals surface area contributed by atoms with E-state index < -0.39 is 0 Å². The highest BCUT2D eigenvalue weighted by molar-refractivity contribution is 7.99. The van der Waals surface area contributed by atoms with Gasteiger partial charge in [-0.05, 0) is 25.0 Å². The van der Waals surface area contributed by atoms with Crippen LogP contribution < -0.4 is 10.6 Å². The lowest BCUT2D eigenvalue weighted by Gasteiger charge is -2.22. The summed E-state index contributed by atoms with van der Waals surface area (Å²) in [7, 11) is 1.93. The molecule has 2 N–H and O–H groups in total. The Morgan fingerprint density at radius 3 is 2.75 bits per heavy atom. The molecule has 112 valence electrons. The topological polar surface area (TPSA) is 49.8 Å². The number of thioether (sulfide) groups is 1. The third kappa shape index (κ3) is 3.57. The molecule has 0 bridgehead atoms. The molecular formula is C15H26N4S. The SMILES string of the molecule is CCCc1c(NC)ncnc1NC1CCCC1SCC. The van der Waals surface area contributed by atoms with E-state index in [9.17, 15) is 0 Å². The van der Waals surface area contributed by atoms with E-state index in [1.54, 1.807) is 6.33 Å². The van der Waals surface area contributed by atoms with E-state index >= 15 is 0 Å². The average Bonchev–Trinajstić information content (AvgIpc) is 2.89. The molecule has 2 atom stereocenters. The second kappa shape index (κ2) is 7.72. The van der Waals surface area contributed by atoms with Crippen LogP contribution in [-0.2, 0) is 6.42 Å². The number of aromatic nitrogens is 2. The van der Waals surface area contributed by atoms with E-state index in [1.165, 1.54) is 30.6 Å². The molecule has 1 aromatic rings. The van der Waals surface area contributed by atoms with Gasteiger partial charge in [-0.2, -0.15) is 11.8 Å². The van der Waals surface area contributed by atoms with Crippen molar-refractivity contribution < 1.29 is 0 Å². The minimum atomic E-state index is 0.551. The van der Waals surface area contributed by atoms with Gasteiger partial charge in [-0.25, -0.2) is 9.97 Å². The molecule has 0 saturated heterocycles. The molecule has 0 spiro atoms. The van der Waals surface area contributed by atoms with E-state index in [0.717, 1.165) is 29.7 Å². The van der Waals surface area contributed by atoms with Crippen LogP contribution in [0.2, 0.25) is 0 Å². The smallest absolute Gasteiger partial charge is 0.134 e. The lowest BCUT2D eigenvalue weighted by molar-refractivity contribution is 0.756. The van der Waals surface area contributed by atoms with E-state index in [4.69, 9.17) is 0 Å². The maximum atomic E-state index is 4.49. The van der Waals surface area contributed by atoms with Crippen molar-refractivity contribution in [2.75, 3.05) is 23.4 Å². The summed E-state index contributed by atoms with van der Waals surface area (Å²) in [6.07, 6.45) is 7.67. The van der Waals surface area contributed by atoms with Crippen LogP contribution in [0.25, 0.3) is 0 Å². The fourth-order valence-corrected chi connectivity index (χ4v) is 4.12. The van der Waals surface area contributed by atoms with E-state index in [2.05, 4.69) is 46.2 Å². The maximum absolute atomic E-state index is 4.49. The highest BCUT2D eigenvalue weighted by Gasteiger charge is 2.28. The van der Waals surface area contributed by atoms with Gasteiger partial charge in [-0.15, -0.1) is 0 Å². The summed E-state index contributed by atoms with van der Waals surface area (Å²) >= 11 is 2.07. The van der Waals surface area contributed by atoms with Gasteiger partial charge in [0.2, 0.25) is 0 Å². The second-order valence-electron chi connectivity index (χ2n) is 5.22. The van der Waals surface area contributed by atoms with Crippen molar-refractivity contribution in [1.82, 2.24) is 9.97 Å². The van der Waals surface area contributed by atoms with Crippen LogP contribution in [0, 0.1) is 0 Å². The predicted octanol–water partition coefficient (Wildman–Crippen LogP) is 3.56. The molecule has 5 heteroatoms. The van der Waals surface area contributed by atoms with Crippen molar-refractivity contribution in [3.63, 3.8) is 0 Å². The first-order valence-corrected chi connectivity index (χ1v) is 8.74. The number of anilines is 2. The number of nitrogens with one attached hydrogen (secondary N) is 2. The van der Waals surface area contributed by atoms with Gasteiger partial charge in [0.15, 0.2) is 0 Å². The van der Waals surface area contributed by atoms with Gasteiger partial charge < -0.3 is 10.6 Å². The van der Waals surface area contributed by atoms with Gasteiger partial charge in [0.05, 0.1) is 0 Å². The lowest BCUT2D eigenvalue weighted by atomic mass is 10.1. The molecule has 1 aromatic heterocycles. The Hall–Kier alpha value is -0.970. The molecule has 2 unspecified atom stereocenters. The van der Waals surface area contributed by atoms with E-state index in [-0.39, 0.29) is 0 Å². The van der Waals surface area contributed by atoms with Crippen LogP contribution in [0.15, 0.2) is 6.33 Å². The van der Waals surface area contributed by atoms with E-state index in [0.29, 0.717) is 6.04 Å². The van der Waals surface area contributed by atoms with Gasteiger partial charge in [0.1, 0.15) is 18.0 Å². The molecule has 1 fully saturated rings. The summed E-state index contributed by atoms with van der Waals surface area (Å²) in [4.78, 5) is 8.83. The van der Waals surface area contributed by atoms with Crippen molar-refractivity contribution in [2.24, 2.45) is 0 Å². The van der Waals surface area contributed by atoms with Crippen molar-refractivity contribution >= 4 is 23.4 Å². The molecule has 20 heavy (non-hydrogen) atoms. The first-order chi connectivity index (χ1) is 9.80. The molecular weight excluding hydrogens is 268 g/mol. The first kappa shape index (κ1) is 15.4. The first-order valence-electron chi connectivity index (χ1n) is 7.69. The molecule has 4 nitrogen and oxygen atoms in total. The largest absolute Gasteiger partial charge is 0.373 e. The Bertz CT molecular complexity index is 424. The van der Waals surface area contributed by atoms with Gasteiger partial charge in [0, 0.05) is 23.9 Å². The second-order valence-corrected chi connectivity index (χ2v) is 6.74. The number of rotatable bonds is 7. The lowest BCUT2D eigenvalue weighted by Crippen LogP contribution is -2.27. The highest BCUT2D eigenvalue weighted by Crippen LogP contribution is 2.33. The van der Waals surface area contributed by atoms with Crippen LogP contribution in [-0.4, -0.2) is 34.1 Å². The average molecular weight is 294 g/mol. The molecule has 1 heterocycles. The zero-order chi connectivity index (χ0) is 14.4. The Morgan fingerprint density at radius 2 is 2.05 bits per heavy atom. The Balaban J connectivity index is 2.15. The van der Waals surface area contributed by atoms with Gasteiger partial charge in [0.25, 0.3) is 0 Å². The fourth-order valence-electron chi connectivity index (χ4n) is 2.92. The minimum Gasteiger partial charge on any atom is -0.373 e. The molecule has 0 radical (unpaired) electrons. The Labute approximate surface area is 126 Å². The summed E-state index contributed by atoms with van der Waals surface area (Å²) in [5.74, 6) is 3.18. The van der Waals surface area contributed by atoms with Crippen LogP contribution in [0.3, 0.4) is 0 Å². The maximum Gasteiger partial charge on any atom is 0.134 e. The molecule has 1 aliphatic carbocycles. The van der Waals surface area contributed by atoms with Gasteiger partial charge in [-0.3, -0.25) is 0 Å². The van der Waals surface area contributed by atoms with Crippen molar-refractivity contribution in [3.05, 3.63) is 11.9 Å². The molecule has 1 saturated carbocycles. The van der Waals surface area contributed by atoms with Crippen LogP contribution in [0.1, 0.15) is 45.1 Å². The van der Waals surface area contributed by atoms with Gasteiger partial charge >= 0.3 is 0 Å².